The summed E-state index contributed by atoms with van der Waals surface area (Å²) < 4.78 is 1.88. The largest absolute Gasteiger partial charge is 0.309 e. The maximum Gasteiger partial charge on any atom is 0.0692 e. The Kier molecular flexibility index (Phi) is 5.15. The first-order valence-corrected chi connectivity index (χ1v) is 8.81. The monoisotopic (exact) mass is 318 g/mol. The molecule has 3 aromatic heterocycles. The molecule has 0 amide bonds. The highest BCUT2D eigenvalue weighted by molar-refractivity contribution is 7.10. The lowest BCUT2D eigenvalue weighted by Crippen LogP contribution is -2.24. The molecule has 0 aliphatic heterocycles. The maximum absolute atomic E-state index is 3.99. The van der Waals surface area contributed by atoms with Crippen LogP contribution < -0.4 is 5.32 Å². The van der Waals surface area contributed by atoms with Gasteiger partial charge in [-0.15, -0.1) is 27.8 Å². The standard InChI is InChI=1S/C15H18N4S2/c1-4-13(20-10-1)12-14(15-5-2-11-21-15)16-6-3-8-19-9-7-17-18-19/h1-2,4-5,7,9-11,14,16H,3,6,8,12H2. The smallest absolute Gasteiger partial charge is 0.0692 e. The Hall–Kier alpha value is -1.50. The second-order valence-corrected chi connectivity index (χ2v) is 6.84. The van der Waals surface area contributed by atoms with E-state index in [4.69, 9.17) is 0 Å². The Balaban J connectivity index is 1.52. The maximum atomic E-state index is 3.99. The lowest BCUT2D eigenvalue weighted by atomic mass is 10.1. The molecular weight excluding hydrogens is 300 g/mol. The van der Waals surface area contributed by atoms with Crippen LogP contribution in [0.5, 0.6) is 0 Å². The number of hydrogen-bond donors (Lipinski definition) is 1. The predicted molar refractivity (Wildman–Crippen MR) is 87.7 cm³/mol. The molecule has 1 unspecified atom stereocenters. The summed E-state index contributed by atoms with van der Waals surface area (Å²) in [7, 11) is 0. The molecule has 0 aliphatic rings. The molecule has 3 rings (SSSR count). The summed E-state index contributed by atoms with van der Waals surface area (Å²) in [6.07, 6.45) is 5.73. The van der Waals surface area contributed by atoms with Crippen molar-refractivity contribution < 1.29 is 0 Å². The van der Waals surface area contributed by atoms with Crippen LogP contribution in [-0.4, -0.2) is 21.5 Å². The van der Waals surface area contributed by atoms with Crippen LogP contribution in [0.3, 0.4) is 0 Å². The van der Waals surface area contributed by atoms with Gasteiger partial charge in [0.15, 0.2) is 0 Å². The molecule has 0 bridgehead atoms. The van der Waals surface area contributed by atoms with Crippen LogP contribution >= 0.6 is 22.7 Å². The number of nitrogens with zero attached hydrogens (tertiary/aromatic N) is 3. The summed E-state index contributed by atoms with van der Waals surface area (Å²) in [5.74, 6) is 0. The Bertz CT molecular complexity index is 602. The van der Waals surface area contributed by atoms with Crippen molar-refractivity contribution in [3.8, 4) is 0 Å². The molecule has 21 heavy (non-hydrogen) atoms. The first-order chi connectivity index (χ1) is 10.4. The van der Waals surface area contributed by atoms with Crippen molar-refractivity contribution in [1.29, 1.82) is 0 Å². The minimum absolute atomic E-state index is 0.402. The van der Waals surface area contributed by atoms with Crippen LogP contribution in [0.25, 0.3) is 0 Å². The highest BCUT2D eigenvalue weighted by Gasteiger charge is 2.13. The third-order valence-corrected chi connectivity index (χ3v) is 5.18. The molecule has 0 radical (unpaired) electrons. The summed E-state index contributed by atoms with van der Waals surface area (Å²) in [4.78, 5) is 2.83. The molecule has 0 spiro atoms. The fraction of sp³-hybridized carbons (Fsp3) is 0.333. The Morgan fingerprint density at radius 1 is 1.19 bits per heavy atom. The van der Waals surface area contributed by atoms with Crippen molar-refractivity contribution in [2.75, 3.05) is 6.54 Å². The Labute approximate surface area is 132 Å². The van der Waals surface area contributed by atoms with Gasteiger partial charge in [0, 0.05) is 35.0 Å². The van der Waals surface area contributed by atoms with Crippen LogP contribution in [0.2, 0.25) is 0 Å². The average Bonchev–Trinajstić information content (AvgIpc) is 3.25. The fourth-order valence-corrected chi connectivity index (χ4v) is 3.82. The van der Waals surface area contributed by atoms with Crippen LogP contribution in [-0.2, 0) is 13.0 Å². The molecule has 0 fully saturated rings. The SMILES string of the molecule is c1csc(CC(NCCCn2ccnn2)c2cccs2)c1. The number of aromatic nitrogens is 3. The van der Waals surface area contributed by atoms with Gasteiger partial charge < -0.3 is 5.32 Å². The lowest BCUT2D eigenvalue weighted by Gasteiger charge is -2.16. The Morgan fingerprint density at radius 3 is 2.81 bits per heavy atom. The van der Waals surface area contributed by atoms with Gasteiger partial charge in [-0.3, -0.25) is 4.68 Å². The number of aryl methyl sites for hydroxylation is 1. The molecule has 3 aromatic rings. The second kappa shape index (κ2) is 7.49. The molecule has 0 aromatic carbocycles. The highest BCUT2D eigenvalue weighted by Crippen LogP contribution is 2.24. The van der Waals surface area contributed by atoms with Gasteiger partial charge in [0.2, 0.25) is 0 Å². The van der Waals surface area contributed by atoms with E-state index in [0.717, 1.165) is 25.9 Å². The van der Waals surface area contributed by atoms with Gasteiger partial charge in [-0.2, -0.15) is 0 Å². The number of rotatable bonds is 8. The quantitative estimate of drug-likeness (QED) is 0.648. The molecule has 1 N–H and O–H groups in total. The van der Waals surface area contributed by atoms with E-state index in [2.05, 4.69) is 50.7 Å². The van der Waals surface area contributed by atoms with E-state index in [0.29, 0.717) is 6.04 Å². The van der Waals surface area contributed by atoms with E-state index < -0.39 is 0 Å². The summed E-state index contributed by atoms with van der Waals surface area (Å²) in [6.45, 7) is 1.89. The van der Waals surface area contributed by atoms with E-state index >= 15 is 0 Å². The van der Waals surface area contributed by atoms with Crippen molar-refractivity contribution in [3.05, 3.63) is 57.2 Å². The molecule has 0 aliphatic carbocycles. The van der Waals surface area contributed by atoms with Crippen molar-refractivity contribution in [2.45, 2.75) is 25.4 Å². The van der Waals surface area contributed by atoms with Gasteiger partial charge in [0.1, 0.15) is 0 Å². The van der Waals surface area contributed by atoms with Gasteiger partial charge in [-0.05, 0) is 35.9 Å². The summed E-state index contributed by atoms with van der Waals surface area (Å²) in [5.41, 5.74) is 0. The van der Waals surface area contributed by atoms with Crippen molar-refractivity contribution >= 4 is 22.7 Å². The first kappa shape index (κ1) is 14.4. The van der Waals surface area contributed by atoms with E-state index in [1.165, 1.54) is 9.75 Å². The zero-order valence-electron chi connectivity index (χ0n) is 11.7. The van der Waals surface area contributed by atoms with E-state index in [9.17, 15) is 0 Å². The average molecular weight is 318 g/mol. The number of hydrogen-bond acceptors (Lipinski definition) is 5. The summed E-state index contributed by atoms with van der Waals surface area (Å²) >= 11 is 3.65. The van der Waals surface area contributed by atoms with Crippen LogP contribution in [0.1, 0.15) is 22.2 Å². The molecule has 110 valence electrons. The van der Waals surface area contributed by atoms with Crippen molar-refractivity contribution in [1.82, 2.24) is 20.3 Å². The molecule has 4 nitrogen and oxygen atoms in total. The molecule has 0 saturated heterocycles. The third-order valence-electron chi connectivity index (χ3n) is 3.30. The normalized spacial score (nSPS) is 12.6. The molecule has 3 heterocycles. The zero-order valence-corrected chi connectivity index (χ0v) is 13.3. The lowest BCUT2D eigenvalue weighted by molar-refractivity contribution is 0.486. The van der Waals surface area contributed by atoms with Crippen LogP contribution in [0.4, 0.5) is 0 Å². The van der Waals surface area contributed by atoms with E-state index in [1.54, 1.807) is 6.20 Å². The van der Waals surface area contributed by atoms with Gasteiger partial charge in [-0.1, -0.05) is 17.3 Å². The Morgan fingerprint density at radius 2 is 2.10 bits per heavy atom. The number of nitrogens with one attached hydrogen (secondary N) is 1. The summed E-state index contributed by atoms with van der Waals surface area (Å²) in [5, 5.41) is 15.8. The fourth-order valence-electron chi connectivity index (χ4n) is 2.26. The van der Waals surface area contributed by atoms with Gasteiger partial charge in [0.25, 0.3) is 0 Å². The van der Waals surface area contributed by atoms with Crippen molar-refractivity contribution in [2.24, 2.45) is 0 Å². The minimum Gasteiger partial charge on any atom is -0.309 e. The van der Waals surface area contributed by atoms with Gasteiger partial charge >= 0.3 is 0 Å². The van der Waals surface area contributed by atoms with Gasteiger partial charge in [-0.25, -0.2) is 0 Å². The third kappa shape index (κ3) is 4.23. The van der Waals surface area contributed by atoms with Gasteiger partial charge in [0.05, 0.1) is 6.20 Å². The molecule has 1 atom stereocenters. The minimum atomic E-state index is 0.402. The summed E-state index contributed by atoms with van der Waals surface area (Å²) in [6, 6.07) is 9.07. The van der Waals surface area contributed by atoms with Crippen LogP contribution in [0, 0.1) is 0 Å². The van der Waals surface area contributed by atoms with Crippen LogP contribution in [0.15, 0.2) is 47.4 Å². The molecular formula is C15H18N4S2. The molecule has 6 heteroatoms. The van der Waals surface area contributed by atoms with Crippen molar-refractivity contribution in [3.63, 3.8) is 0 Å². The number of thiophene rings is 2. The second-order valence-electron chi connectivity index (χ2n) is 4.83. The molecule has 0 saturated carbocycles. The topological polar surface area (TPSA) is 42.7 Å². The van der Waals surface area contributed by atoms with E-state index in [-0.39, 0.29) is 0 Å². The first-order valence-electron chi connectivity index (χ1n) is 7.05. The van der Waals surface area contributed by atoms with E-state index in [1.807, 2.05) is 33.6 Å². The predicted octanol–water partition coefficient (Wildman–Crippen LogP) is 3.36. The zero-order chi connectivity index (χ0) is 14.3. The highest BCUT2D eigenvalue weighted by atomic mass is 32.1.